The highest BCUT2D eigenvalue weighted by Crippen LogP contribution is 2.23. The summed E-state index contributed by atoms with van der Waals surface area (Å²) in [6.45, 7) is 6.92. The van der Waals surface area contributed by atoms with Crippen LogP contribution in [0.25, 0.3) is 0 Å². The first-order chi connectivity index (χ1) is 10.1. The SMILES string of the molecule is CCCNC(Cc1ccc(C)cc1)c1cccc(C)c1F. The van der Waals surface area contributed by atoms with Crippen LogP contribution in [0.15, 0.2) is 42.5 Å². The highest BCUT2D eigenvalue weighted by Gasteiger charge is 2.16. The van der Waals surface area contributed by atoms with Crippen LogP contribution in [-0.4, -0.2) is 6.54 Å². The molecular formula is C19H24FN. The van der Waals surface area contributed by atoms with Gasteiger partial charge in [-0.25, -0.2) is 4.39 Å². The summed E-state index contributed by atoms with van der Waals surface area (Å²) in [6, 6.07) is 14.1. The minimum atomic E-state index is -0.0850. The zero-order valence-electron chi connectivity index (χ0n) is 13.1. The van der Waals surface area contributed by atoms with E-state index in [0.29, 0.717) is 5.56 Å². The van der Waals surface area contributed by atoms with Crippen molar-refractivity contribution in [3.05, 3.63) is 70.5 Å². The van der Waals surface area contributed by atoms with Crippen LogP contribution in [0, 0.1) is 19.7 Å². The van der Waals surface area contributed by atoms with Crippen molar-refractivity contribution in [2.24, 2.45) is 0 Å². The van der Waals surface area contributed by atoms with Crippen molar-refractivity contribution < 1.29 is 4.39 Å². The average molecular weight is 285 g/mol. The summed E-state index contributed by atoms with van der Waals surface area (Å²) in [6.07, 6.45) is 1.85. The molecule has 0 radical (unpaired) electrons. The minimum absolute atomic E-state index is 0.0209. The number of hydrogen-bond acceptors (Lipinski definition) is 1. The van der Waals surface area contributed by atoms with Crippen molar-refractivity contribution >= 4 is 0 Å². The third-order valence-electron chi connectivity index (χ3n) is 3.80. The highest BCUT2D eigenvalue weighted by molar-refractivity contribution is 5.30. The third kappa shape index (κ3) is 4.15. The summed E-state index contributed by atoms with van der Waals surface area (Å²) in [7, 11) is 0. The molecule has 0 spiro atoms. The third-order valence-corrected chi connectivity index (χ3v) is 3.80. The van der Waals surface area contributed by atoms with Gasteiger partial charge in [0.2, 0.25) is 0 Å². The summed E-state index contributed by atoms with van der Waals surface area (Å²) in [5, 5.41) is 3.48. The molecule has 0 aliphatic carbocycles. The molecule has 2 heteroatoms. The monoisotopic (exact) mass is 285 g/mol. The molecule has 112 valence electrons. The fourth-order valence-electron chi connectivity index (χ4n) is 2.51. The van der Waals surface area contributed by atoms with E-state index in [1.807, 2.05) is 25.1 Å². The van der Waals surface area contributed by atoms with Gasteiger partial charge in [0.05, 0.1) is 0 Å². The van der Waals surface area contributed by atoms with Gasteiger partial charge in [-0.15, -0.1) is 0 Å². The molecule has 0 aliphatic rings. The van der Waals surface area contributed by atoms with E-state index in [9.17, 15) is 4.39 Å². The lowest BCUT2D eigenvalue weighted by atomic mass is 9.96. The molecule has 0 heterocycles. The molecule has 21 heavy (non-hydrogen) atoms. The van der Waals surface area contributed by atoms with E-state index >= 15 is 0 Å². The Morgan fingerprint density at radius 1 is 1.05 bits per heavy atom. The van der Waals surface area contributed by atoms with Crippen LogP contribution in [0.5, 0.6) is 0 Å². The Kier molecular flexibility index (Phi) is 5.51. The normalized spacial score (nSPS) is 12.4. The van der Waals surface area contributed by atoms with Gasteiger partial charge in [-0.05, 0) is 44.4 Å². The second-order valence-electron chi connectivity index (χ2n) is 5.67. The molecule has 0 aliphatic heterocycles. The Balaban J connectivity index is 2.25. The van der Waals surface area contributed by atoms with Crippen LogP contribution < -0.4 is 5.32 Å². The number of nitrogens with one attached hydrogen (secondary N) is 1. The first-order valence-electron chi connectivity index (χ1n) is 7.65. The summed E-state index contributed by atoms with van der Waals surface area (Å²) in [5.41, 5.74) is 3.96. The molecular weight excluding hydrogens is 261 g/mol. The van der Waals surface area contributed by atoms with Gasteiger partial charge >= 0.3 is 0 Å². The zero-order valence-corrected chi connectivity index (χ0v) is 13.1. The Morgan fingerprint density at radius 2 is 1.76 bits per heavy atom. The Hall–Kier alpha value is -1.67. The number of hydrogen-bond donors (Lipinski definition) is 1. The fourth-order valence-corrected chi connectivity index (χ4v) is 2.51. The van der Waals surface area contributed by atoms with Gasteiger partial charge < -0.3 is 5.32 Å². The van der Waals surface area contributed by atoms with Crippen molar-refractivity contribution in [3.63, 3.8) is 0 Å². The Bertz CT molecular complexity index is 575. The largest absolute Gasteiger partial charge is 0.310 e. The smallest absolute Gasteiger partial charge is 0.130 e. The van der Waals surface area contributed by atoms with Crippen LogP contribution in [-0.2, 0) is 6.42 Å². The highest BCUT2D eigenvalue weighted by atomic mass is 19.1. The molecule has 1 atom stereocenters. The molecule has 1 unspecified atom stereocenters. The fraction of sp³-hybridized carbons (Fsp3) is 0.368. The van der Waals surface area contributed by atoms with Gasteiger partial charge in [0.15, 0.2) is 0 Å². The van der Waals surface area contributed by atoms with Crippen LogP contribution in [0.3, 0.4) is 0 Å². The van der Waals surface area contributed by atoms with Gasteiger partial charge in [-0.3, -0.25) is 0 Å². The topological polar surface area (TPSA) is 12.0 Å². The quantitative estimate of drug-likeness (QED) is 0.809. The molecule has 2 rings (SSSR count). The Labute approximate surface area is 127 Å². The molecule has 0 bridgehead atoms. The second-order valence-corrected chi connectivity index (χ2v) is 5.67. The molecule has 0 saturated heterocycles. The molecule has 2 aromatic carbocycles. The molecule has 0 fully saturated rings. The van der Waals surface area contributed by atoms with Gasteiger partial charge in [0, 0.05) is 11.6 Å². The maximum absolute atomic E-state index is 14.4. The van der Waals surface area contributed by atoms with Crippen molar-refractivity contribution in [2.45, 2.75) is 39.7 Å². The van der Waals surface area contributed by atoms with Crippen LogP contribution in [0.2, 0.25) is 0 Å². The molecule has 0 amide bonds. The minimum Gasteiger partial charge on any atom is -0.310 e. The van der Waals surface area contributed by atoms with Crippen LogP contribution in [0.1, 0.15) is 41.6 Å². The van der Waals surface area contributed by atoms with E-state index in [1.165, 1.54) is 11.1 Å². The Morgan fingerprint density at radius 3 is 2.43 bits per heavy atom. The molecule has 0 saturated carbocycles. The summed E-state index contributed by atoms with van der Waals surface area (Å²) in [4.78, 5) is 0. The van der Waals surface area contributed by atoms with E-state index in [4.69, 9.17) is 0 Å². The van der Waals surface area contributed by atoms with E-state index in [1.54, 1.807) is 0 Å². The predicted molar refractivity (Wildman–Crippen MR) is 87.1 cm³/mol. The van der Waals surface area contributed by atoms with Crippen LogP contribution in [0.4, 0.5) is 4.39 Å². The summed E-state index contributed by atoms with van der Waals surface area (Å²) < 4.78 is 14.4. The lowest BCUT2D eigenvalue weighted by Crippen LogP contribution is -2.25. The van der Waals surface area contributed by atoms with Crippen molar-refractivity contribution in [2.75, 3.05) is 6.54 Å². The van der Waals surface area contributed by atoms with Gasteiger partial charge in [0.25, 0.3) is 0 Å². The van der Waals surface area contributed by atoms with E-state index in [-0.39, 0.29) is 11.9 Å². The van der Waals surface area contributed by atoms with E-state index in [2.05, 4.69) is 43.4 Å². The van der Waals surface area contributed by atoms with Gasteiger partial charge in [-0.2, -0.15) is 0 Å². The molecule has 1 nitrogen and oxygen atoms in total. The van der Waals surface area contributed by atoms with E-state index < -0.39 is 0 Å². The molecule has 1 N–H and O–H groups in total. The van der Waals surface area contributed by atoms with Crippen molar-refractivity contribution in [1.82, 2.24) is 5.32 Å². The maximum Gasteiger partial charge on any atom is 0.130 e. The number of halogens is 1. The molecule has 2 aromatic rings. The van der Waals surface area contributed by atoms with Gasteiger partial charge in [-0.1, -0.05) is 55.0 Å². The number of rotatable bonds is 6. The van der Waals surface area contributed by atoms with Gasteiger partial charge in [0.1, 0.15) is 5.82 Å². The molecule has 0 aromatic heterocycles. The van der Waals surface area contributed by atoms with Crippen LogP contribution >= 0.6 is 0 Å². The van der Waals surface area contributed by atoms with Crippen molar-refractivity contribution in [3.8, 4) is 0 Å². The predicted octanol–water partition coefficient (Wildman–Crippen LogP) is 4.73. The standard InChI is InChI=1S/C19H24FN/c1-4-12-21-18(13-16-10-8-14(2)9-11-16)17-7-5-6-15(3)19(17)20/h5-11,18,21H,4,12-13H2,1-3H3. The average Bonchev–Trinajstić information content (AvgIpc) is 2.48. The lowest BCUT2D eigenvalue weighted by Gasteiger charge is -2.20. The second kappa shape index (κ2) is 7.37. The lowest BCUT2D eigenvalue weighted by molar-refractivity contribution is 0.494. The first-order valence-corrected chi connectivity index (χ1v) is 7.65. The number of aryl methyl sites for hydroxylation is 2. The summed E-state index contributed by atoms with van der Waals surface area (Å²) >= 11 is 0. The van der Waals surface area contributed by atoms with Crippen molar-refractivity contribution in [1.29, 1.82) is 0 Å². The zero-order chi connectivity index (χ0) is 15.2. The summed E-state index contributed by atoms with van der Waals surface area (Å²) in [5.74, 6) is -0.0850. The first kappa shape index (κ1) is 15.7. The number of benzene rings is 2. The maximum atomic E-state index is 14.4. The van der Waals surface area contributed by atoms with E-state index in [0.717, 1.165) is 24.9 Å².